The Morgan fingerprint density at radius 2 is 1.28 bits per heavy atom. The van der Waals surface area contributed by atoms with Crippen LogP contribution in [0.5, 0.6) is 0 Å². The molecule has 0 aromatic heterocycles. The summed E-state index contributed by atoms with van der Waals surface area (Å²) in [6, 6.07) is 23.7. The first kappa shape index (κ1) is 23.6. The minimum absolute atomic E-state index is 0.0558. The highest BCUT2D eigenvalue weighted by molar-refractivity contribution is 7.91. The zero-order valence-electron chi connectivity index (χ0n) is 17.3. The lowest BCUT2D eigenvalue weighted by atomic mass is 10.2. The number of sulfone groups is 1. The van der Waals surface area contributed by atoms with Crippen LogP contribution in [0, 0.1) is 0 Å². The SMILES string of the molecule is O=C(CS(=O)(=O)Cc1ccccc1)Nc1ccc(S(=O)(=O)NCCc2ccccc2)cc1. The van der Waals surface area contributed by atoms with Gasteiger partial charge in [-0.2, -0.15) is 0 Å². The first-order chi connectivity index (χ1) is 15.2. The third kappa shape index (κ3) is 7.30. The van der Waals surface area contributed by atoms with Gasteiger partial charge in [0.2, 0.25) is 15.9 Å². The van der Waals surface area contributed by atoms with E-state index in [0.29, 0.717) is 17.7 Å². The lowest BCUT2D eigenvalue weighted by Crippen LogP contribution is -2.26. The molecule has 0 unspecified atom stereocenters. The molecular weight excluding hydrogens is 448 g/mol. The van der Waals surface area contributed by atoms with E-state index in [1.54, 1.807) is 30.3 Å². The molecule has 3 rings (SSSR count). The lowest BCUT2D eigenvalue weighted by Gasteiger charge is -2.09. The van der Waals surface area contributed by atoms with Gasteiger partial charge < -0.3 is 5.32 Å². The Bertz CT molecular complexity index is 1240. The number of nitrogens with one attached hydrogen (secondary N) is 2. The molecule has 7 nitrogen and oxygen atoms in total. The van der Waals surface area contributed by atoms with Crippen molar-refractivity contribution >= 4 is 31.5 Å². The van der Waals surface area contributed by atoms with E-state index in [9.17, 15) is 21.6 Å². The van der Waals surface area contributed by atoms with Crippen molar-refractivity contribution in [2.45, 2.75) is 17.1 Å². The third-order valence-corrected chi connectivity index (χ3v) is 7.53. The van der Waals surface area contributed by atoms with Crippen molar-refractivity contribution in [2.75, 3.05) is 17.6 Å². The molecule has 0 saturated heterocycles. The Labute approximate surface area is 188 Å². The molecule has 0 aliphatic heterocycles. The van der Waals surface area contributed by atoms with Crippen molar-refractivity contribution in [3.8, 4) is 0 Å². The van der Waals surface area contributed by atoms with Gasteiger partial charge >= 0.3 is 0 Å². The quantitative estimate of drug-likeness (QED) is 0.472. The van der Waals surface area contributed by atoms with Gasteiger partial charge in [0.1, 0.15) is 5.75 Å². The first-order valence-electron chi connectivity index (χ1n) is 9.91. The second kappa shape index (κ2) is 10.5. The minimum atomic E-state index is -3.70. The monoisotopic (exact) mass is 472 g/mol. The normalized spacial score (nSPS) is 11.8. The van der Waals surface area contributed by atoms with Crippen LogP contribution in [0.2, 0.25) is 0 Å². The van der Waals surface area contributed by atoms with Gasteiger partial charge in [-0.25, -0.2) is 21.6 Å². The number of carbonyl (C=O) groups is 1. The van der Waals surface area contributed by atoms with Crippen molar-refractivity contribution in [2.24, 2.45) is 0 Å². The van der Waals surface area contributed by atoms with Gasteiger partial charge in [-0.15, -0.1) is 0 Å². The Hall–Kier alpha value is -3.01. The molecule has 0 saturated carbocycles. The van der Waals surface area contributed by atoms with Gasteiger partial charge in [0.05, 0.1) is 10.6 Å². The number of hydrogen-bond acceptors (Lipinski definition) is 5. The molecule has 2 N–H and O–H groups in total. The zero-order chi connectivity index (χ0) is 23.0. The summed E-state index contributed by atoms with van der Waals surface area (Å²) < 4.78 is 51.9. The van der Waals surface area contributed by atoms with E-state index in [0.717, 1.165) is 5.56 Å². The maximum Gasteiger partial charge on any atom is 0.240 e. The molecular formula is C23H24N2O5S2. The van der Waals surface area contributed by atoms with Crippen molar-refractivity contribution in [3.63, 3.8) is 0 Å². The number of sulfonamides is 1. The smallest absolute Gasteiger partial charge is 0.240 e. The average molecular weight is 473 g/mol. The number of rotatable bonds is 10. The van der Waals surface area contributed by atoms with Crippen LogP contribution in [0.15, 0.2) is 89.8 Å². The number of hydrogen-bond donors (Lipinski definition) is 2. The Kier molecular flexibility index (Phi) is 7.79. The predicted molar refractivity (Wildman–Crippen MR) is 124 cm³/mol. The van der Waals surface area contributed by atoms with Gasteiger partial charge in [-0.05, 0) is 41.8 Å². The molecule has 3 aromatic carbocycles. The Morgan fingerprint density at radius 3 is 1.88 bits per heavy atom. The summed E-state index contributed by atoms with van der Waals surface area (Å²) in [6.45, 7) is 0.254. The molecule has 3 aromatic rings. The van der Waals surface area contributed by atoms with Crippen LogP contribution in [-0.2, 0) is 36.8 Å². The van der Waals surface area contributed by atoms with E-state index in [1.165, 1.54) is 24.3 Å². The molecule has 168 valence electrons. The molecule has 0 atom stereocenters. The number of amides is 1. The molecule has 0 radical (unpaired) electrons. The molecule has 32 heavy (non-hydrogen) atoms. The van der Waals surface area contributed by atoms with E-state index in [-0.39, 0.29) is 17.2 Å². The van der Waals surface area contributed by atoms with E-state index in [4.69, 9.17) is 0 Å². The van der Waals surface area contributed by atoms with E-state index >= 15 is 0 Å². The van der Waals surface area contributed by atoms with Gasteiger partial charge in [-0.1, -0.05) is 60.7 Å². The summed E-state index contributed by atoms with van der Waals surface area (Å²) in [7, 11) is -7.33. The first-order valence-corrected chi connectivity index (χ1v) is 13.2. The fourth-order valence-electron chi connectivity index (χ4n) is 3.05. The zero-order valence-corrected chi connectivity index (χ0v) is 18.9. The van der Waals surface area contributed by atoms with E-state index < -0.39 is 31.5 Å². The molecule has 0 heterocycles. The van der Waals surface area contributed by atoms with Crippen LogP contribution >= 0.6 is 0 Å². The van der Waals surface area contributed by atoms with Crippen molar-refractivity contribution in [1.82, 2.24) is 4.72 Å². The molecule has 0 aliphatic carbocycles. The molecule has 1 amide bonds. The van der Waals surface area contributed by atoms with Crippen LogP contribution in [0.25, 0.3) is 0 Å². The standard InChI is InChI=1S/C23H24N2O5S2/c26-23(18-31(27,28)17-20-9-5-2-6-10-20)25-21-11-13-22(14-12-21)32(29,30)24-16-15-19-7-3-1-4-8-19/h1-14,24H,15-18H2,(H,25,26). The van der Waals surface area contributed by atoms with Crippen molar-refractivity contribution in [1.29, 1.82) is 0 Å². The minimum Gasteiger partial charge on any atom is -0.325 e. The van der Waals surface area contributed by atoms with Gasteiger partial charge in [0.15, 0.2) is 9.84 Å². The fraction of sp³-hybridized carbons (Fsp3) is 0.174. The number of carbonyl (C=O) groups excluding carboxylic acids is 1. The topological polar surface area (TPSA) is 109 Å². The van der Waals surface area contributed by atoms with Crippen molar-refractivity contribution < 1.29 is 21.6 Å². The Balaban J connectivity index is 1.53. The summed E-state index contributed by atoms with van der Waals surface area (Å²) >= 11 is 0. The molecule has 0 fully saturated rings. The summed E-state index contributed by atoms with van der Waals surface area (Å²) in [4.78, 5) is 12.2. The number of anilines is 1. The maximum atomic E-state index is 12.4. The van der Waals surface area contributed by atoms with Crippen LogP contribution in [-0.4, -0.2) is 35.0 Å². The highest BCUT2D eigenvalue weighted by Gasteiger charge is 2.18. The Morgan fingerprint density at radius 1 is 0.719 bits per heavy atom. The fourth-order valence-corrected chi connectivity index (χ4v) is 5.36. The highest BCUT2D eigenvalue weighted by Crippen LogP contribution is 2.15. The average Bonchev–Trinajstić information content (AvgIpc) is 2.74. The lowest BCUT2D eigenvalue weighted by molar-refractivity contribution is -0.113. The van der Waals surface area contributed by atoms with Gasteiger partial charge in [-0.3, -0.25) is 4.79 Å². The second-order valence-corrected chi connectivity index (χ2v) is 11.1. The molecule has 0 spiro atoms. The third-order valence-electron chi connectivity index (χ3n) is 4.58. The largest absolute Gasteiger partial charge is 0.325 e. The predicted octanol–water partition coefficient (Wildman–Crippen LogP) is 2.76. The summed E-state index contributed by atoms with van der Waals surface area (Å²) in [6.07, 6.45) is 0.561. The summed E-state index contributed by atoms with van der Waals surface area (Å²) in [5, 5.41) is 2.49. The van der Waals surface area contributed by atoms with Gasteiger partial charge in [0.25, 0.3) is 0 Å². The van der Waals surface area contributed by atoms with E-state index in [1.807, 2.05) is 30.3 Å². The maximum absolute atomic E-state index is 12.4. The van der Waals surface area contributed by atoms with Crippen LogP contribution in [0.4, 0.5) is 5.69 Å². The second-order valence-electron chi connectivity index (χ2n) is 7.22. The molecule has 0 aliphatic rings. The highest BCUT2D eigenvalue weighted by atomic mass is 32.2. The molecule has 9 heteroatoms. The van der Waals surface area contributed by atoms with Crippen LogP contribution < -0.4 is 10.0 Å². The summed E-state index contributed by atoms with van der Waals surface area (Å²) in [5.74, 6) is -1.58. The van der Waals surface area contributed by atoms with Gasteiger partial charge in [0, 0.05) is 12.2 Å². The number of benzene rings is 3. The van der Waals surface area contributed by atoms with Crippen LogP contribution in [0.3, 0.4) is 0 Å². The van der Waals surface area contributed by atoms with E-state index in [2.05, 4.69) is 10.0 Å². The van der Waals surface area contributed by atoms with Crippen molar-refractivity contribution in [3.05, 3.63) is 96.1 Å². The summed E-state index contributed by atoms with van der Waals surface area (Å²) in [5.41, 5.74) is 1.94. The van der Waals surface area contributed by atoms with Crippen LogP contribution in [0.1, 0.15) is 11.1 Å². The molecule has 0 bridgehead atoms.